The molecule has 86 valence electrons. The Balaban J connectivity index is 2.39. The Bertz CT molecular complexity index is 379. The zero-order valence-electron chi connectivity index (χ0n) is 9.58. The van der Waals surface area contributed by atoms with Crippen molar-refractivity contribution in [1.29, 1.82) is 5.26 Å². The largest absolute Gasteiger partial charge is 0.354 e. The number of nitriles is 1. The molecular weight excluding hydrogens is 204 g/mol. The van der Waals surface area contributed by atoms with E-state index >= 15 is 0 Å². The van der Waals surface area contributed by atoms with Gasteiger partial charge in [0.2, 0.25) is 5.91 Å². The normalized spacial score (nSPS) is 13.8. The smallest absolute Gasteiger partial charge is 0.240 e. The van der Waals surface area contributed by atoms with E-state index in [0.29, 0.717) is 19.4 Å². The molecule has 0 aliphatic rings. The SMILES string of the molecule is CCC(C)(C#N)C(=O)NCCc1ncc[nH]1. The van der Waals surface area contributed by atoms with Crippen LogP contribution in [0.4, 0.5) is 0 Å². The molecular formula is C11H16N4O. The molecule has 0 spiro atoms. The van der Waals surface area contributed by atoms with E-state index in [4.69, 9.17) is 5.26 Å². The van der Waals surface area contributed by atoms with E-state index in [9.17, 15) is 4.79 Å². The molecule has 0 aliphatic heterocycles. The minimum atomic E-state index is -0.927. The van der Waals surface area contributed by atoms with E-state index in [2.05, 4.69) is 15.3 Å². The molecule has 0 aliphatic carbocycles. The first-order valence-corrected chi connectivity index (χ1v) is 5.30. The maximum Gasteiger partial charge on any atom is 0.240 e. The highest BCUT2D eigenvalue weighted by atomic mass is 16.2. The van der Waals surface area contributed by atoms with E-state index in [-0.39, 0.29) is 5.91 Å². The lowest BCUT2D eigenvalue weighted by molar-refractivity contribution is -0.127. The molecule has 2 N–H and O–H groups in total. The lowest BCUT2D eigenvalue weighted by Crippen LogP contribution is -2.38. The van der Waals surface area contributed by atoms with Crippen LogP contribution >= 0.6 is 0 Å². The van der Waals surface area contributed by atoms with Crippen molar-refractivity contribution in [3.8, 4) is 6.07 Å². The fourth-order valence-electron chi connectivity index (χ4n) is 1.21. The molecule has 0 bridgehead atoms. The molecule has 0 aromatic carbocycles. The highest BCUT2D eigenvalue weighted by molar-refractivity contribution is 5.84. The quantitative estimate of drug-likeness (QED) is 0.777. The van der Waals surface area contributed by atoms with Crippen LogP contribution in [-0.2, 0) is 11.2 Å². The third kappa shape index (κ3) is 2.83. The van der Waals surface area contributed by atoms with E-state index in [1.165, 1.54) is 0 Å². The minimum absolute atomic E-state index is 0.218. The number of nitrogens with zero attached hydrogens (tertiary/aromatic N) is 2. The number of carbonyl (C=O) groups is 1. The molecule has 1 aromatic rings. The lowest BCUT2D eigenvalue weighted by Gasteiger charge is -2.18. The van der Waals surface area contributed by atoms with Gasteiger partial charge in [0.25, 0.3) is 0 Å². The molecule has 1 amide bonds. The Morgan fingerprint density at radius 2 is 2.50 bits per heavy atom. The number of imidazole rings is 1. The maximum absolute atomic E-state index is 11.7. The Morgan fingerprint density at radius 1 is 1.75 bits per heavy atom. The van der Waals surface area contributed by atoms with Gasteiger partial charge in [0, 0.05) is 25.4 Å². The number of amides is 1. The maximum atomic E-state index is 11.7. The molecule has 0 fully saturated rings. The molecule has 0 saturated carbocycles. The summed E-state index contributed by atoms with van der Waals surface area (Å²) < 4.78 is 0. The van der Waals surface area contributed by atoms with Gasteiger partial charge in [-0.1, -0.05) is 6.92 Å². The van der Waals surface area contributed by atoms with Crippen LogP contribution < -0.4 is 5.32 Å². The summed E-state index contributed by atoms with van der Waals surface area (Å²) in [6, 6.07) is 2.04. The standard InChI is InChI=1S/C11H16N4O/c1-3-11(2,8-12)10(16)15-5-4-9-13-6-7-14-9/h6-7H,3-5H2,1-2H3,(H,13,14)(H,15,16). The average molecular weight is 220 g/mol. The molecule has 1 aromatic heterocycles. The summed E-state index contributed by atoms with van der Waals surface area (Å²) in [5.41, 5.74) is -0.927. The molecule has 1 unspecified atom stereocenters. The van der Waals surface area contributed by atoms with E-state index < -0.39 is 5.41 Å². The summed E-state index contributed by atoms with van der Waals surface area (Å²) in [6.07, 6.45) is 4.56. The number of H-pyrrole nitrogens is 1. The fraction of sp³-hybridized carbons (Fsp3) is 0.545. The number of aromatic amines is 1. The third-order valence-electron chi connectivity index (χ3n) is 2.66. The van der Waals surface area contributed by atoms with Crippen LogP contribution in [0.1, 0.15) is 26.1 Å². The number of nitrogens with one attached hydrogen (secondary N) is 2. The Kier molecular flexibility index (Phi) is 4.06. The van der Waals surface area contributed by atoms with Gasteiger partial charge in [-0.3, -0.25) is 4.79 Å². The Morgan fingerprint density at radius 3 is 3.00 bits per heavy atom. The zero-order chi connectivity index (χ0) is 12.0. The van der Waals surface area contributed by atoms with Gasteiger partial charge in [0.1, 0.15) is 11.2 Å². The minimum Gasteiger partial charge on any atom is -0.354 e. The van der Waals surface area contributed by atoms with Crippen LogP contribution in [0, 0.1) is 16.7 Å². The van der Waals surface area contributed by atoms with E-state index in [1.54, 1.807) is 19.3 Å². The van der Waals surface area contributed by atoms with Crippen LogP contribution in [0.2, 0.25) is 0 Å². The summed E-state index contributed by atoms with van der Waals surface area (Å²) in [7, 11) is 0. The number of carbonyl (C=O) groups excluding carboxylic acids is 1. The van der Waals surface area contributed by atoms with Crippen LogP contribution in [0.15, 0.2) is 12.4 Å². The van der Waals surface area contributed by atoms with Gasteiger partial charge in [-0.05, 0) is 13.3 Å². The van der Waals surface area contributed by atoms with Gasteiger partial charge >= 0.3 is 0 Å². The monoisotopic (exact) mass is 220 g/mol. The second kappa shape index (κ2) is 5.31. The summed E-state index contributed by atoms with van der Waals surface area (Å²) in [6.45, 7) is 3.97. The lowest BCUT2D eigenvalue weighted by atomic mass is 9.88. The van der Waals surface area contributed by atoms with Gasteiger partial charge in [-0.2, -0.15) is 5.26 Å². The van der Waals surface area contributed by atoms with Gasteiger partial charge in [0.05, 0.1) is 6.07 Å². The van der Waals surface area contributed by atoms with Crippen molar-refractivity contribution in [1.82, 2.24) is 15.3 Å². The number of aromatic nitrogens is 2. The van der Waals surface area contributed by atoms with Crippen LogP contribution in [0.25, 0.3) is 0 Å². The fourth-order valence-corrected chi connectivity index (χ4v) is 1.21. The highest BCUT2D eigenvalue weighted by Gasteiger charge is 2.30. The van der Waals surface area contributed by atoms with E-state index in [1.807, 2.05) is 13.0 Å². The molecule has 1 heterocycles. The molecule has 16 heavy (non-hydrogen) atoms. The number of rotatable bonds is 5. The van der Waals surface area contributed by atoms with Gasteiger partial charge in [-0.25, -0.2) is 4.98 Å². The van der Waals surface area contributed by atoms with Crippen molar-refractivity contribution in [2.75, 3.05) is 6.54 Å². The summed E-state index contributed by atoms with van der Waals surface area (Å²) >= 11 is 0. The first kappa shape index (κ1) is 12.2. The Hall–Kier alpha value is -1.83. The molecule has 1 atom stereocenters. The first-order chi connectivity index (χ1) is 7.62. The predicted octanol–water partition coefficient (Wildman–Crippen LogP) is 1.01. The van der Waals surface area contributed by atoms with Gasteiger partial charge in [-0.15, -0.1) is 0 Å². The van der Waals surface area contributed by atoms with Crippen LogP contribution in [0.3, 0.4) is 0 Å². The number of hydrogen-bond acceptors (Lipinski definition) is 3. The van der Waals surface area contributed by atoms with Crippen LogP contribution in [0.5, 0.6) is 0 Å². The molecule has 1 rings (SSSR count). The topological polar surface area (TPSA) is 81.6 Å². The van der Waals surface area contributed by atoms with Crippen molar-refractivity contribution in [2.24, 2.45) is 5.41 Å². The highest BCUT2D eigenvalue weighted by Crippen LogP contribution is 2.19. The van der Waals surface area contributed by atoms with E-state index in [0.717, 1.165) is 5.82 Å². The summed E-state index contributed by atoms with van der Waals surface area (Å²) in [5.74, 6) is 0.611. The first-order valence-electron chi connectivity index (χ1n) is 5.30. The molecule has 0 radical (unpaired) electrons. The summed E-state index contributed by atoms with van der Waals surface area (Å²) in [4.78, 5) is 18.7. The predicted molar refractivity (Wildman–Crippen MR) is 59.3 cm³/mol. The van der Waals surface area contributed by atoms with Crippen molar-refractivity contribution < 1.29 is 4.79 Å². The van der Waals surface area contributed by atoms with Gasteiger partial charge in [0.15, 0.2) is 0 Å². The Labute approximate surface area is 94.9 Å². The van der Waals surface area contributed by atoms with Crippen molar-refractivity contribution in [3.05, 3.63) is 18.2 Å². The third-order valence-corrected chi connectivity index (χ3v) is 2.66. The van der Waals surface area contributed by atoms with Crippen molar-refractivity contribution >= 4 is 5.91 Å². The zero-order valence-corrected chi connectivity index (χ0v) is 9.58. The number of hydrogen-bond donors (Lipinski definition) is 2. The average Bonchev–Trinajstić information content (AvgIpc) is 2.80. The second-order valence-corrected chi connectivity index (χ2v) is 3.84. The van der Waals surface area contributed by atoms with Gasteiger partial charge < -0.3 is 10.3 Å². The second-order valence-electron chi connectivity index (χ2n) is 3.84. The molecule has 5 heteroatoms. The van der Waals surface area contributed by atoms with Crippen LogP contribution in [-0.4, -0.2) is 22.4 Å². The van der Waals surface area contributed by atoms with Crippen molar-refractivity contribution in [3.63, 3.8) is 0 Å². The molecule has 0 saturated heterocycles. The van der Waals surface area contributed by atoms with Crippen molar-refractivity contribution in [2.45, 2.75) is 26.7 Å². The molecule has 5 nitrogen and oxygen atoms in total. The summed E-state index contributed by atoms with van der Waals surface area (Å²) in [5, 5.41) is 11.7.